The fourth-order valence-corrected chi connectivity index (χ4v) is 4.11. The Hall–Kier alpha value is -3.22. The third kappa shape index (κ3) is 5.41. The molecule has 0 aliphatic carbocycles. The number of carboxylic acids is 1. The van der Waals surface area contributed by atoms with E-state index in [0.29, 0.717) is 17.7 Å². The number of halogens is 2. The number of carbonyl (C=O) groups is 1. The van der Waals surface area contributed by atoms with Gasteiger partial charge in [0.25, 0.3) is 6.43 Å². The normalized spacial score (nSPS) is 11.5. The van der Waals surface area contributed by atoms with Gasteiger partial charge in [-0.1, -0.05) is 69.7 Å². The Balaban J connectivity index is 2.01. The van der Waals surface area contributed by atoms with E-state index < -0.39 is 18.1 Å². The molecule has 5 nitrogen and oxygen atoms in total. The lowest BCUT2D eigenvalue weighted by atomic mass is 9.99. The molecule has 7 heteroatoms. The van der Waals surface area contributed by atoms with Crippen molar-refractivity contribution in [2.45, 2.75) is 59.5 Å². The first-order chi connectivity index (χ1) is 15.7. The molecule has 0 aliphatic heterocycles. The van der Waals surface area contributed by atoms with Crippen LogP contribution in [0.5, 0.6) is 0 Å². The van der Waals surface area contributed by atoms with Crippen molar-refractivity contribution >= 4 is 5.97 Å². The minimum Gasteiger partial charge on any atom is -0.478 e. The van der Waals surface area contributed by atoms with E-state index >= 15 is 0 Å². The first-order valence-electron chi connectivity index (χ1n) is 11.3. The number of hydrogen-bond donors (Lipinski definition) is 1. The fraction of sp³-hybridized carbons (Fsp3) is 0.385. The maximum Gasteiger partial charge on any atom is 0.336 e. The van der Waals surface area contributed by atoms with Gasteiger partial charge in [0.2, 0.25) is 0 Å². The van der Waals surface area contributed by atoms with Crippen molar-refractivity contribution in [3.8, 4) is 11.1 Å². The quantitative estimate of drug-likeness (QED) is 0.407. The Bertz CT molecular complexity index is 1160. The molecular formula is C26H30F2N2O3. The molecule has 0 amide bonds. The zero-order chi connectivity index (χ0) is 24.1. The summed E-state index contributed by atoms with van der Waals surface area (Å²) in [5, 5.41) is 9.44. The average molecular weight is 457 g/mol. The zero-order valence-electron chi connectivity index (χ0n) is 19.2. The highest BCUT2D eigenvalue weighted by Crippen LogP contribution is 2.27. The largest absolute Gasteiger partial charge is 0.478 e. The number of nitrogens with zero attached hydrogens (tertiary/aromatic N) is 2. The number of aromatic carboxylic acids is 1. The second kappa shape index (κ2) is 10.6. The van der Waals surface area contributed by atoms with Gasteiger partial charge in [0.15, 0.2) is 0 Å². The molecule has 3 rings (SSSR count). The van der Waals surface area contributed by atoms with Crippen molar-refractivity contribution in [2.24, 2.45) is 5.92 Å². The second-order valence-electron chi connectivity index (χ2n) is 8.66. The topological polar surface area (TPSA) is 64.2 Å². The predicted octanol–water partition coefficient (Wildman–Crippen LogP) is 6.00. The van der Waals surface area contributed by atoms with E-state index in [0.717, 1.165) is 24.0 Å². The lowest BCUT2D eigenvalue weighted by molar-refractivity contribution is 0.0697. The van der Waals surface area contributed by atoms with Gasteiger partial charge in [-0.3, -0.25) is 9.13 Å². The van der Waals surface area contributed by atoms with Crippen LogP contribution in [0.4, 0.5) is 8.78 Å². The summed E-state index contributed by atoms with van der Waals surface area (Å²) in [6.45, 7) is 6.22. The van der Waals surface area contributed by atoms with Gasteiger partial charge < -0.3 is 5.11 Å². The maximum absolute atomic E-state index is 14.0. The summed E-state index contributed by atoms with van der Waals surface area (Å²) >= 11 is 0. The van der Waals surface area contributed by atoms with Crippen molar-refractivity contribution in [1.29, 1.82) is 0 Å². The molecule has 2 aromatic carbocycles. The van der Waals surface area contributed by atoms with Gasteiger partial charge >= 0.3 is 11.7 Å². The summed E-state index contributed by atoms with van der Waals surface area (Å²) in [7, 11) is 0. The van der Waals surface area contributed by atoms with E-state index in [1.807, 2.05) is 32.9 Å². The van der Waals surface area contributed by atoms with Gasteiger partial charge in [-0.25, -0.2) is 18.4 Å². The summed E-state index contributed by atoms with van der Waals surface area (Å²) < 4.78 is 30.7. The zero-order valence-corrected chi connectivity index (χ0v) is 19.2. The Morgan fingerprint density at radius 1 is 1.03 bits per heavy atom. The Morgan fingerprint density at radius 2 is 1.70 bits per heavy atom. The number of alkyl halides is 2. The van der Waals surface area contributed by atoms with Crippen LogP contribution in [0, 0.1) is 5.92 Å². The third-order valence-electron chi connectivity index (χ3n) is 5.66. The molecule has 33 heavy (non-hydrogen) atoms. The molecule has 0 saturated heterocycles. The standard InChI is InChI=1S/C26H30F2N2O3/c1-4-5-10-22-23(24(27)28)30(15-17(2)3)26(33)29(22)16-18-11-13-19(14-12-18)20-8-6-7-9-21(20)25(31)32/h6-9,11-14,17,24H,4-5,10,15-16H2,1-3H3,(H,31,32). The molecule has 1 heterocycles. The van der Waals surface area contributed by atoms with E-state index in [2.05, 4.69) is 0 Å². The monoisotopic (exact) mass is 456 g/mol. The van der Waals surface area contributed by atoms with Crippen LogP contribution in [0.25, 0.3) is 11.1 Å². The highest BCUT2D eigenvalue weighted by atomic mass is 19.3. The van der Waals surface area contributed by atoms with Crippen LogP contribution in [0.3, 0.4) is 0 Å². The van der Waals surface area contributed by atoms with Crippen molar-refractivity contribution in [3.05, 3.63) is 81.5 Å². The van der Waals surface area contributed by atoms with E-state index in [1.54, 1.807) is 36.4 Å². The molecule has 0 bridgehead atoms. The lowest BCUT2D eigenvalue weighted by Gasteiger charge is -2.11. The number of benzene rings is 2. The molecule has 0 spiro atoms. The van der Waals surface area contributed by atoms with Crippen LogP contribution in [0.1, 0.15) is 67.3 Å². The average Bonchev–Trinajstić information content (AvgIpc) is 3.03. The Labute approximate surface area is 192 Å². The predicted molar refractivity (Wildman–Crippen MR) is 125 cm³/mol. The second-order valence-corrected chi connectivity index (χ2v) is 8.66. The van der Waals surface area contributed by atoms with E-state index in [1.165, 1.54) is 9.13 Å². The summed E-state index contributed by atoms with van der Waals surface area (Å²) in [5.41, 5.74) is 2.14. The van der Waals surface area contributed by atoms with Crippen molar-refractivity contribution in [2.75, 3.05) is 0 Å². The molecule has 1 N–H and O–H groups in total. The molecule has 0 radical (unpaired) electrons. The lowest BCUT2D eigenvalue weighted by Crippen LogP contribution is -2.27. The van der Waals surface area contributed by atoms with Crippen molar-refractivity contribution in [3.63, 3.8) is 0 Å². The summed E-state index contributed by atoms with van der Waals surface area (Å²) in [4.78, 5) is 24.7. The van der Waals surface area contributed by atoms with Crippen LogP contribution in [-0.2, 0) is 19.5 Å². The highest BCUT2D eigenvalue weighted by molar-refractivity contribution is 5.95. The summed E-state index contributed by atoms with van der Waals surface area (Å²) in [6, 6.07) is 14.0. The summed E-state index contributed by atoms with van der Waals surface area (Å²) in [6.07, 6.45) is -0.750. The van der Waals surface area contributed by atoms with Gasteiger partial charge in [0, 0.05) is 12.2 Å². The van der Waals surface area contributed by atoms with Crippen LogP contribution in [-0.4, -0.2) is 20.2 Å². The number of unbranched alkanes of at least 4 members (excludes halogenated alkanes) is 1. The summed E-state index contributed by atoms with van der Waals surface area (Å²) in [5.74, 6) is -0.948. The van der Waals surface area contributed by atoms with Gasteiger partial charge in [-0.05, 0) is 41.5 Å². The Morgan fingerprint density at radius 3 is 2.27 bits per heavy atom. The first kappa shape index (κ1) is 24.4. The van der Waals surface area contributed by atoms with Crippen molar-refractivity contribution in [1.82, 2.24) is 9.13 Å². The third-order valence-corrected chi connectivity index (χ3v) is 5.66. The minimum absolute atomic E-state index is 0.0589. The minimum atomic E-state index is -2.72. The smallest absolute Gasteiger partial charge is 0.336 e. The van der Waals surface area contributed by atoms with Gasteiger partial charge in [0.05, 0.1) is 12.1 Å². The van der Waals surface area contributed by atoms with Crippen LogP contribution in [0.2, 0.25) is 0 Å². The van der Waals surface area contributed by atoms with E-state index in [4.69, 9.17) is 0 Å². The number of imidazole rings is 1. The molecule has 1 aromatic heterocycles. The maximum atomic E-state index is 14.0. The molecule has 0 saturated carbocycles. The van der Waals surface area contributed by atoms with Crippen molar-refractivity contribution < 1.29 is 18.7 Å². The SMILES string of the molecule is CCCCc1c(C(F)F)n(CC(C)C)c(=O)n1Cc1ccc(-c2ccccc2C(=O)O)cc1. The number of aromatic nitrogens is 2. The highest BCUT2D eigenvalue weighted by Gasteiger charge is 2.26. The number of rotatable bonds is 10. The van der Waals surface area contributed by atoms with Crippen LogP contribution < -0.4 is 5.69 Å². The van der Waals surface area contributed by atoms with Gasteiger partial charge in [0.1, 0.15) is 5.69 Å². The molecule has 176 valence electrons. The van der Waals surface area contributed by atoms with Gasteiger partial charge in [-0.15, -0.1) is 0 Å². The van der Waals surface area contributed by atoms with Crippen LogP contribution in [0.15, 0.2) is 53.3 Å². The first-order valence-corrected chi connectivity index (χ1v) is 11.3. The molecule has 0 fully saturated rings. The number of carboxylic acid groups (broad SMARTS) is 1. The molecule has 3 aromatic rings. The molecular weight excluding hydrogens is 426 g/mol. The molecule has 0 atom stereocenters. The molecule has 0 unspecified atom stereocenters. The van der Waals surface area contributed by atoms with Gasteiger partial charge in [-0.2, -0.15) is 0 Å². The fourth-order valence-electron chi connectivity index (χ4n) is 4.11. The Kier molecular flexibility index (Phi) is 7.84. The molecule has 0 aliphatic rings. The number of hydrogen-bond acceptors (Lipinski definition) is 2. The van der Waals surface area contributed by atoms with E-state index in [-0.39, 0.29) is 30.3 Å². The van der Waals surface area contributed by atoms with Crippen LogP contribution >= 0.6 is 0 Å². The van der Waals surface area contributed by atoms with E-state index in [9.17, 15) is 23.5 Å².